The van der Waals surface area contributed by atoms with Gasteiger partial charge in [0.05, 0.1) is 12.2 Å². The summed E-state index contributed by atoms with van der Waals surface area (Å²) in [7, 11) is 0. The van der Waals surface area contributed by atoms with Crippen LogP contribution in [-0.4, -0.2) is 9.55 Å². The summed E-state index contributed by atoms with van der Waals surface area (Å²) in [5.74, 6) is 0. The second-order valence-electron chi connectivity index (χ2n) is 3.94. The predicted octanol–water partition coefficient (Wildman–Crippen LogP) is 1.06. The number of pyridine rings is 2. The molecule has 0 radical (unpaired) electrons. The summed E-state index contributed by atoms with van der Waals surface area (Å²) in [6.45, 7) is 2.71. The Morgan fingerprint density at radius 3 is 2.94 bits per heavy atom. The number of rotatable bonds is 3. The van der Waals surface area contributed by atoms with E-state index in [4.69, 9.17) is 5.73 Å². The van der Waals surface area contributed by atoms with E-state index in [1.54, 1.807) is 17.0 Å². The highest BCUT2D eigenvalue weighted by molar-refractivity contribution is 5.20. The van der Waals surface area contributed by atoms with Gasteiger partial charge in [-0.1, -0.05) is 12.1 Å². The normalized spacial score (nSPS) is 10.5. The molecule has 17 heavy (non-hydrogen) atoms. The Balaban J connectivity index is 2.38. The number of aromatic nitrogens is 2. The molecule has 2 N–H and O–H groups in total. The van der Waals surface area contributed by atoms with E-state index in [1.807, 2.05) is 31.2 Å². The van der Waals surface area contributed by atoms with Gasteiger partial charge < -0.3 is 10.3 Å². The zero-order valence-electron chi connectivity index (χ0n) is 9.76. The molecule has 0 unspecified atom stereocenters. The van der Waals surface area contributed by atoms with Crippen molar-refractivity contribution in [3.05, 3.63) is 63.8 Å². The highest BCUT2D eigenvalue weighted by Crippen LogP contribution is 2.06. The Hall–Kier alpha value is -1.94. The van der Waals surface area contributed by atoms with Crippen molar-refractivity contribution in [3.8, 4) is 0 Å². The van der Waals surface area contributed by atoms with Crippen LogP contribution in [0.2, 0.25) is 0 Å². The first-order valence-electron chi connectivity index (χ1n) is 5.51. The molecule has 4 heteroatoms. The predicted molar refractivity (Wildman–Crippen MR) is 66.7 cm³/mol. The van der Waals surface area contributed by atoms with Crippen molar-refractivity contribution in [2.45, 2.75) is 20.0 Å². The zero-order valence-corrected chi connectivity index (χ0v) is 9.76. The Labute approximate surface area is 99.7 Å². The van der Waals surface area contributed by atoms with E-state index in [0.717, 1.165) is 16.8 Å². The van der Waals surface area contributed by atoms with Gasteiger partial charge in [0.25, 0.3) is 5.56 Å². The molecule has 2 heterocycles. The third kappa shape index (κ3) is 2.42. The molecule has 0 spiro atoms. The average Bonchev–Trinajstić information content (AvgIpc) is 2.35. The van der Waals surface area contributed by atoms with Gasteiger partial charge in [-0.05, 0) is 24.6 Å². The van der Waals surface area contributed by atoms with Crippen LogP contribution in [0.4, 0.5) is 0 Å². The van der Waals surface area contributed by atoms with Crippen molar-refractivity contribution in [1.82, 2.24) is 9.55 Å². The Morgan fingerprint density at radius 2 is 2.18 bits per heavy atom. The monoisotopic (exact) mass is 229 g/mol. The SMILES string of the molecule is Cc1cccn(Cc2cccnc2CN)c1=O. The summed E-state index contributed by atoms with van der Waals surface area (Å²) < 4.78 is 1.67. The third-order valence-electron chi connectivity index (χ3n) is 2.73. The maximum Gasteiger partial charge on any atom is 0.253 e. The van der Waals surface area contributed by atoms with Crippen LogP contribution < -0.4 is 11.3 Å². The lowest BCUT2D eigenvalue weighted by Crippen LogP contribution is -2.22. The van der Waals surface area contributed by atoms with Crippen LogP contribution in [0.1, 0.15) is 16.8 Å². The van der Waals surface area contributed by atoms with Crippen LogP contribution in [0.5, 0.6) is 0 Å². The summed E-state index contributed by atoms with van der Waals surface area (Å²) in [5.41, 5.74) is 8.21. The van der Waals surface area contributed by atoms with E-state index in [0.29, 0.717) is 13.1 Å². The molecule has 4 nitrogen and oxygen atoms in total. The molecular formula is C13H15N3O. The molecular weight excluding hydrogens is 214 g/mol. The number of nitrogens with zero attached hydrogens (tertiary/aromatic N) is 2. The minimum Gasteiger partial charge on any atom is -0.325 e. The van der Waals surface area contributed by atoms with Crippen LogP contribution >= 0.6 is 0 Å². The smallest absolute Gasteiger partial charge is 0.253 e. The first kappa shape index (κ1) is 11.5. The molecule has 0 fully saturated rings. The van der Waals surface area contributed by atoms with Crippen LogP contribution in [-0.2, 0) is 13.1 Å². The van der Waals surface area contributed by atoms with Crippen molar-refractivity contribution >= 4 is 0 Å². The molecule has 0 aliphatic heterocycles. The molecule has 0 saturated carbocycles. The van der Waals surface area contributed by atoms with Gasteiger partial charge in [0.2, 0.25) is 0 Å². The molecule has 0 aliphatic carbocycles. The largest absolute Gasteiger partial charge is 0.325 e. The Kier molecular flexibility index (Phi) is 3.35. The second kappa shape index (κ2) is 4.93. The lowest BCUT2D eigenvalue weighted by Gasteiger charge is -2.09. The first-order chi connectivity index (χ1) is 8.22. The molecule has 2 rings (SSSR count). The highest BCUT2D eigenvalue weighted by atomic mass is 16.1. The van der Waals surface area contributed by atoms with E-state index in [-0.39, 0.29) is 5.56 Å². The Bertz CT molecular complexity index is 575. The summed E-state index contributed by atoms with van der Waals surface area (Å²) in [6, 6.07) is 7.49. The average molecular weight is 229 g/mol. The van der Waals surface area contributed by atoms with Gasteiger partial charge in [0.1, 0.15) is 0 Å². The minimum atomic E-state index is 0.0272. The maximum atomic E-state index is 11.9. The van der Waals surface area contributed by atoms with Crippen LogP contribution in [0, 0.1) is 6.92 Å². The van der Waals surface area contributed by atoms with Gasteiger partial charge in [0.15, 0.2) is 0 Å². The van der Waals surface area contributed by atoms with Crippen LogP contribution in [0.25, 0.3) is 0 Å². The molecule has 88 valence electrons. The molecule has 0 aliphatic rings. The lowest BCUT2D eigenvalue weighted by molar-refractivity contribution is 0.736. The quantitative estimate of drug-likeness (QED) is 0.856. The van der Waals surface area contributed by atoms with Gasteiger partial charge >= 0.3 is 0 Å². The van der Waals surface area contributed by atoms with Gasteiger partial charge in [-0.3, -0.25) is 9.78 Å². The minimum absolute atomic E-state index is 0.0272. The number of nitrogens with two attached hydrogens (primary N) is 1. The number of hydrogen-bond acceptors (Lipinski definition) is 3. The summed E-state index contributed by atoms with van der Waals surface area (Å²) in [4.78, 5) is 16.1. The fourth-order valence-corrected chi connectivity index (χ4v) is 1.76. The lowest BCUT2D eigenvalue weighted by atomic mass is 10.2. The molecule has 0 atom stereocenters. The first-order valence-corrected chi connectivity index (χ1v) is 5.51. The van der Waals surface area contributed by atoms with Gasteiger partial charge in [-0.2, -0.15) is 0 Å². The molecule has 2 aromatic heterocycles. The van der Waals surface area contributed by atoms with Crippen molar-refractivity contribution in [3.63, 3.8) is 0 Å². The van der Waals surface area contributed by atoms with Crippen LogP contribution in [0.15, 0.2) is 41.5 Å². The summed E-state index contributed by atoms with van der Waals surface area (Å²) >= 11 is 0. The topological polar surface area (TPSA) is 60.9 Å². The fraction of sp³-hybridized carbons (Fsp3) is 0.231. The number of hydrogen-bond donors (Lipinski definition) is 1. The van der Waals surface area contributed by atoms with E-state index >= 15 is 0 Å². The zero-order chi connectivity index (χ0) is 12.3. The van der Waals surface area contributed by atoms with Gasteiger partial charge in [0, 0.05) is 24.5 Å². The van der Waals surface area contributed by atoms with Gasteiger partial charge in [-0.15, -0.1) is 0 Å². The molecule has 2 aromatic rings. The Morgan fingerprint density at radius 1 is 1.35 bits per heavy atom. The van der Waals surface area contributed by atoms with Gasteiger partial charge in [-0.25, -0.2) is 0 Å². The summed E-state index contributed by atoms with van der Waals surface area (Å²) in [6.07, 6.45) is 3.49. The van der Waals surface area contributed by atoms with Crippen molar-refractivity contribution in [2.75, 3.05) is 0 Å². The van der Waals surface area contributed by atoms with E-state index in [9.17, 15) is 4.79 Å². The third-order valence-corrected chi connectivity index (χ3v) is 2.73. The van der Waals surface area contributed by atoms with E-state index < -0.39 is 0 Å². The maximum absolute atomic E-state index is 11.9. The molecule has 0 saturated heterocycles. The standard InChI is InChI=1S/C13H15N3O/c1-10-4-3-7-16(13(10)17)9-11-5-2-6-15-12(11)8-14/h2-7H,8-9,14H2,1H3. The van der Waals surface area contributed by atoms with Crippen LogP contribution in [0.3, 0.4) is 0 Å². The van der Waals surface area contributed by atoms with E-state index in [1.165, 1.54) is 0 Å². The highest BCUT2D eigenvalue weighted by Gasteiger charge is 2.04. The van der Waals surface area contributed by atoms with E-state index in [2.05, 4.69) is 4.98 Å². The van der Waals surface area contributed by atoms with Crippen molar-refractivity contribution in [2.24, 2.45) is 5.73 Å². The molecule has 0 aromatic carbocycles. The fourth-order valence-electron chi connectivity index (χ4n) is 1.76. The molecule has 0 amide bonds. The summed E-state index contributed by atoms with van der Waals surface area (Å²) in [5, 5.41) is 0. The van der Waals surface area contributed by atoms with Crippen molar-refractivity contribution in [1.29, 1.82) is 0 Å². The molecule has 0 bridgehead atoms. The van der Waals surface area contributed by atoms with Crippen molar-refractivity contribution < 1.29 is 0 Å². The number of aryl methyl sites for hydroxylation is 1. The second-order valence-corrected chi connectivity index (χ2v) is 3.94.